The molecule has 0 saturated carbocycles. The van der Waals surface area contributed by atoms with Crippen LogP contribution in [0.2, 0.25) is 0 Å². The molecule has 0 spiro atoms. The van der Waals surface area contributed by atoms with Gasteiger partial charge in [-0.1, -0.05) is 24.3 Å². The van der Waals surface area contributed by atoms with Crippen molar-refractivity contribution in [3.8, 4) is 11.5 Å². The fraction of sp³-hybridized carbons (Fsp3) is 0.150. The third kappa shape index (κ3) is 3.35. The van der Waals surface area contributed by atoms with E-state index < -0.39 is 0 Å². The average Bonchev–Trinajstić information content (AvgIpc) is 2.94. The van der Waals surface area contributed by atoms with Gasteiger partial charge in [-0.05, 0) is 18.2 Å². The predicted molar refractivity (Wildman–Crippen MR) is 103 cm³/mol. The van der Waals surface area contributed by atoms with Gasteiger partial charge in [0.2, 0.25) is 0 Å². The van der Waals surface area contributed by atoms with E-state index in [2.05, 4.69) is 16.8 Å². The number of fused-ring (bicyclic) bond motifs is 1. The zero-order valence-corrected chi connectivity index (χ0v) is 14.7. The lowest BCUT2D eigenvalue weighted by Gasteiger charge is -2.13. The van der Waals surface area contributed by atoms with Crippen molar-refractivity contribution in [2.45, 2.75) is 0 Å². The van der Waals surface area contributed by atoms with Crippen molar-refractivity contribution in [3.63, 3.8) is 0 Å². The zero-order chi connectivity index (χ0) is 18.5. The molecule has 132 valence electrons. The Balaban J connectivity index is 1.92. The maximum atomic E-state index is 12.6. The Morgan fingerprint density at radius 1 is 1.12 bits per heavy atom. The second-order valence-corrected chi connectivity index (χ2v) is 5.56. The van der Waals surface area contributed by atoms with Crippen molar-refractivity contribution in [1.82, 2.24) is 0 Å². The first-order valence-electron chi connectivity index (χ1n) is 8.04. The SMILES string of the molecule is C=CCN1C(=O)/C(=N\N=C/c2cc(OC)cc(OC)c2)c2ccccc21. The van der Waals surface area contributed by atoms with Gasteiger partial charge in [-0.15, -0.1) is 11.7 Å². The standard InChI is InChI=1S/C20H19N3O3/c1-4-9-23-18-8-6-5-7-17(18)19(20(23)24)22-21-13-14-10-15(25-2)12-16(11-14)26-3/h4-8,10-13H,1,9H2,2-3H3/b21-13-,22-19-. The highest BCUT2D eigenvalue weighted by Crippen LogP contribution is 2.29. The van der Waals surface area contributed by atoms with E-state index in [1.807, 2.05) is 24.3 Å². The number of ether oxygens (including phenoxy) is 2. The van der Waals surface area contributed by atoms with Crippen molar-refractivity contribution in [1.29, 1.82) is 0 Å². The van der Waals surface area contributed by atoms with Gasteiger partial charge >= 0.3 is 0 Å². The van der Waals surface area contributed by atoms with Crippen molar-refractivity contribution in [2.75, 3.05) is 25.7 Å². The van der Waals surface area contributed by atoms with E-state index in [0.29, 0.717) is 23.8 Å². The topological polar surface area (TPSA) is 63.5 Å². The van der Waals surface area contributed by atoms with Gasteiger partial charge in [-0.3, -0.25) is 4.79 Å². The number of carbonyl (C=O) groups is 1. The number of nitrogens with zero attached hydrogens (tertiary/aromatic N) is 3. The molecule has 0 atom stereocenters. The number of hydrogen-bond acceptors (Lipinski definition) is 5. The number of rotatable bonds is 6. The molecule has 2 aromatic rings. The zero-order valence-electron chi connectivity index (χ0n) is 14.7. The van der Waals surface area contributed by atoms with Crippen LogP contribution in [0.25, 0.3) is 0 Å². The molecule has 2 aromatic carbocycles. The first-order valence-corrected chi connectivity index (χ1v) is 8.04. The molecule has 1 aliphatic rings. The molecular formula is C20H19N3O3. The molecule has 0 aromatic heterocycles. The van der Waals surface area contributed by atoms with Crippen LogP contribution in [0, 0.1) is 0 Å². The van der Waals surface area contributed by atoms with E-state index in [1.54, 1.807) is 49.6 Å². The van der Waals surface area contributed by atoms with E-state index in [1.165, 1.54) is 0 Å². The van der Waals surface area contributed by atoms with Crippen LogP contribution in [-0.2, 0) is 4.79 Å². The molecule has 0 aliphatic carbocycles. The van der Waals surface area contributed by atoms with Crippen LogP contribution in [0.5, 0.6) is 11.5 Å². The van der Waals surface area contributed by atoms with Gasteiger partial charge in [0.1, 0.15) is 11.5 Å². The van der Waals surface area contributed by atoms with Gasteiger partial charge in [0.15, 0.2) is 5.71 Å². The molecular weight excluding hydrogens is 330 g/mol. The molecule has 6 nitrogen and oxygen atoms in total. The van der Waals surface area contributed by atoms with Crippen LogP contribution < -0.4 is 14.4 Å². The number of para-hydroxylation sites is 1. The molecule has 6 heteroatoms. The third-order valence-electron chi connectivity index (χ3n) is 3.95. The molecule has 0 fully saturated rings. The fourth-order valence-corrected chi connectivity index (χ4v) is 2.73. The summed E-state index contributed by atoms with van der Waals surface area (Å²) in [6.45, 7) is 4.13. The molecule has 3 rings (SSSR count). The van der Waals surface area contributed by atoms with Gasteiger partial charge in [-0.25, -0.2) is 0 Å². The van der Waals surface area contributed by atoms with Crippen molar-refractivity contribution in [3.05, 3.63) is 66.2 Å². The Kier molecular flexibility index (Phi) is 5.12. The van der Waals surface area contributed by atoms with Gasteiger partial charge in [0.05, 0.1) is 26.1 Å². The van der Waals surface area contributed by atoms with Crippen LogP contribution in [-0.4, -0.2) is 38.6 Å². The number of amides is 1. The summed E-state index contributed by atoms with van der Waals surface area (Å²) in [6, 6.07) is 12.9. The summed E-state index contributed by atoms with van der Waals surface area (Å²) in [6.07, 6.45) is 3.24. The first kappa shape index (κ1) is 17.4. The summed E-state index contributed by atoms with van der Waals surface area (Å²) in [4.78, 5) is 14.3. The minimum absolute atomic E-state index is 0.188. The Bertz CT molecular complexity index is 881. The normalized spacial score (nSPS) is 14.8. The highest BCUT2D eigenvalue weighted by Gasteiger charge is 2.32. The van der Waals surface area contributed by atoms with Crippen molar-refractivity contribution in [2.24, 2.45) is 10.2 Å². The third-order valence-corrected chi connectivity index (χ3v) is 3.95. The minimum Gasteiger partial charge on any atom is -0.497 e. The Morgan fingerprint density at radius 2 is 1.81 bits per heavy atom. The van der Waals surface area contributed by atoms with Crippen LogP contribution in [0.15, 0.2) is 65.3 Å². The molecule has 26 heavy (non-hydrogen) atoms. The lowest BCUT2D eigenvalue weighted by molar-refractivity contribution is -0.112. The van der Waals surface area contributed by atoms with Crippen LogP contribution in [0.3, 0.4) is 0 Å². The lowest BCUT2D eigenvalue weighted by Crippen LogP contribution is -2.30. The van der Waals surface area contributed by atoms with Crippen LogP contribution >= 0.6 is 0 Å². The van der Waals surface area contributed by atoms with E-state index >= 15 is 0 Å². The highest BCUT2D eigenvalue weighted by molar-refractivity contribution is 6.54. The smallest absolute Gasteiger partial charge is 0.279 e. The number of carbonyl (C=O) groups excluding carboxylic acids is 1. The number of benzene rings is 2. The van der Waals surface area contributed by atoms with Crippen LogP contribution in [0.1, 0.15) is 11.1 Å². The molecule has 0 radical (unpaired) electrons. The maximum absolute atomic E-state index is 12.6. The molecule has 0 unspecified atom stereocenters. The molecule has 0 N–H and O–H groups in total. The summed E-state index contributed by atoms with van der Waals surface area (Å²) in [5.41, 5.74) is 2.65. The van der Waals surface area contributed by atoms with Gasteiger partial charge < -0.3 is 14.4 Å². The Labute approximate surface area is 152 Å². The Hall–Kier alpha value is -3.41. The predicted octanol–water partition coefficient (Wildman–Crippen LogP) is 3.06. The van der Waals surface area contributed by atoms with Crippen molar-refractivity contribution < 1.29 is 14.3 Å². The van der Waals surface area contributed by atoms with Gasteiger partial charge in [0, 0.05) is 23.7 Å². The second-order valence-electron chi connectivity index (χ2n) is 5.56. The molecule has 0 saturated heterocycles. The van der Waals surface area contributed by atoms with Crippen molar-refractivity contribution >= 4 is 23.5 Å². The summed E-state index contributed by atoms with van der Waals surface area (Å²) < 4.78 is 10.5. The largest absolute Gasteiger partial charge is 0.497 e. The molecule has 1 aliphatic heterocycles. The van der Waals surface area contributed by atoms with E-state index in [0.717, 1.165) is 16.8 Å². The minimum atomic E-state index is -0.188. The summed E-state index contributed by atoms with van der Waals surface area (Å²) in [7, 11) is 3.16. The monoisotopic (exact) mass is 349 g/mol. The summed E-state index contributed by atoms with van der Waals surface area (Å²) >= 11 is 0. The van der Waals surface area contributed by atoms with Gasteiger partial charge in [0.25, 0.3) is 5.91 Å². The summed E-state index contributed by atoms with van der Waals surface area (Å²) in [5.74, 6) is 1.11. The maximum Gasteiger partial charge on any atom is 0.279 e. The molecule has 1 amide bonds. The number of hydrogen-bond donors (Lipinski definition) is 0. The number of methoxy groups -OCH3 is 2. The highest BCUT2D eigenvalue weighted by atomic mass is 16.5. The van der Waals surface area contributed by atoms with Gasteiger partial charge in [-0.2, -0.15) is 5.10 Å². The lowest BCUT2D eigenvalue weighted by atomic mass is 10.1. The quantitative estimate of drug-likeness (QED) is 0.457. The first-order chi connectivity index (χ1) is 12.7. The summed E-state index contributed by atoms with van der Waals surface area (Å²) in [5, 5.41) is 8.26. The second kappa shape index (κ2) is 7.65. The number of anilines is 1. The van der Waals surface area contributed by atoms with E-state index in [9.17, 15) is 4.79 Å². The van der Waals surface area contributed by atoms with E-state index in [-0.39, 0.29) is 5.91 Å². The molecule has 1 heterocycles. The fourth-order valence-electron chi connectivity index (χ4n) is 2.73. The molecule has 0 bridgehead atoms. The average molecular weight is 349 g/mol. The van der Waals surface area contributed by atoms with Crippen LogP contribution in [0.4, 0.5) is 5.69 Å². The van der Waals surface area contributed by atoms with E-state index in [4.69, 9.17) is 9.47 Å². The Morgan fingerprint density at radius 3 is 2.46 bits per heavy atom.